The summed E-state index contributed by atoms with van der Waals surface area (Å²) in [6.45, 7) is 2.08. The summed E-state index contributed by atoms with van der Waals surface area (Å²) in [5, 5.41) is 18.2. The molecule has 0 aromatic carbocycles. The Morgan fingerprint density at radius 3 is 3.00 bits per heavy atom. The maximum absolute atomic E-state index is 10.2. The first-order chi connectivity index (χ1) is 8.22. The van der Waals surface area contributed by atoms with Gasteiger partial charge in [0.2, 0.25) is 0 Å². The normalized spacial score (nSPS) is 12.9. The average Bonchev–Trinajstić information content (AvgIpc) is 2.89. The fourth-order valence-corrected chi connectivity index (χ4v) is 2.33. The Hall–Kier alpha value is -1.34. The third-order valence-corrected chi connectivity index (χ3v) is 3.42. The Balaban J connectivity index is 2.11. The molecule has 0 amide bonds. The van der Waals surface area contributed by atoms with Crippen LogP contribution in [0, 0.1) is 0 Å². The second kappa shape index (κ2) is 5.33. The highest BCUT2D eigenvalue weighted by Crippen LogP contribution is 2.23. The van der Waals surface area contributed by atoms with Gasteiger partial charge in [-0.1, -0.05) is 17.8 Å². The van der Waals surface area contributed by atoms with Gasteiger partial charge < -0.3 is 5.11 Å². The lowest BCUT2D eigenvalue weighted by Gasteiger charge is -2.08. The average molecular weight is 253 g/mol. The molecule has 0 aliphatic carbocycles. The van der Waals surface area contributed by atoms with E-state index in [0.717, 1.165) is 29.2 Å². The molecule has 6 nitrogen and oxygen atoms in total. The smallest absolute Gasteiger partial charge is 0.138 e. The molecule has 0 aliphatic rings. The van der Waals surface area contributed by atoms with Gasteiger partial charge in [-0.25, -0.2) is 4.98 Å². The van der Waals surface area contributed by atoms with Crippen LogP contribution in [0.1, 0.15) is 35.8 Å². The van der Waals surface area contributed by atoms with Crippen molar-refractivity contribution >= 4 is 11.5 Å². The highest BCUT2D eigenvalue weighted by atomic mass is 32.1. The van der Waals surface area contributed by atoms with Crippen molar-refractivity contribution in [3.05, 3.63) is 22.7 Å². The Labute approximate surface area is 103 Å². The SMILES string of the molecule is CCCc1nnsc1C(O)Cc1ncnn1C. The van der Waals surface area contributed by atoms with Gasteiger partial charge in [0.1, 0.15) is 12.2 Å². The van der Waals surface area contributed by atoms with Crippen LogP contribution in [0.3, 0.4) is 0 Å². The first-order valence-electron chi connectivity index (χ1n) is 5.54. The number of aryl methyl sites for hydroxylation is 2. The molecule has 0 aliphatic heterocycles. The molecule has 0 fully saturated rings. The Morgan fingerprint density at radius 1 is 1.53 bits per heavy atom. The molecule has 0 saturated heterocycles. The first-order valence-corrected chi connectivity index (χ1v) is 6.31. The molecule has 2 aromatic rings. The van der Waals surface area contributed by atoms with E-state index >= 15 is 0 Å². The third-order valence-electron chi connectivity index (χ3n) is 2.56. The van der Waals surface area contributed by atoms with Crippen LogP contribution in [0.4, 0.5) is 0 Å². The third kappa shape index (κ3) is 2.67. The minimum atomic E-state index is -0.598. The first kappa shape index (κ1) is 12.1. The second-order valence-electron chi connectivity index (χ2n) is 3.85. The van der Waals surface area contributed by atoms with Crippen LogP contribution in [0.15, 0.2) is 6.33 Å². The summed E-state index contributed by atoms with van der Waals surface area (Å²) in [5.41, 5.74) is 0.896. The number of aliphatic hydroxyl groups excluding tert-OH is 1. The molecule has 17 heavy (non-hydrogen) atoms. The van der Waals surface area contributed by atoms with Gasteiger partial charge in [-0.2, -0.15) is 5.10 Å². The van der Waals surface area contributed by atoms with Crippen LogP contribution < -0.4 is 0 Å². The van der Waals surface area contributed by atoms with Gasteiger partial charge >= 0.3 is 0 Å². The highest BCUT2D eigenvalue weighted by molar-refractivity contribution is 7.05. The predicted octanol–water partition coefficient (Wildman–Crippen LogP) is 0.895. The van der Waals surface area contributed by atoms with Crippen LogP contribution in [-0.4, -0.2) is 29.5 Å². The molecule has 92 valence electrons. The lowest BCUT2D eigenvalue weighted by atomic mass is 10.1. The van der Waals surface area contributed by atoms with Crippen LogP contribution in [0.25, 0.3) is 0 Å². The maximum atomic E-state index is 10.2. The molecule has 7 heteroatoms. The van der Waals surface area contributed by atoms with Crippen molar-refractivity contribution in [1.29, 1.82) is 0 Å². The number of aromatic nitrogens is 5. The van der Waals surface area contributed by atoms with Crippen molar-refractivity contribution < 1.29 is 5.11 Å². The molecule has 2 heterocycles. The van der Waals surface area contributed by atoms with E-state index in [4.69, 9.17) is 0 Å². The van der Waals surface area contributed by atoms with E-state index in [0.29, 0.717) is 6.42 Å². The summed E-state index contributed by atoms with van der Waals surface area (Å²) in [5.74, 6) is 0.758. The standard InChI is InChI=1S/C10H15N5OS/c1-3-4-7-10(17-14-13-7)8(16)5-9-11-6-12-15(9)2/h6,8,16H,3-5H2,1-2H3. The predicted molar refractivity (Wildman–Crippen MR) is 63.6 cm³/mol. The molecular formula is C10H15N5OS. The number of hydrogen-bond acceptors (Lipinski definition) is 6. The van der Waals surface area contributed by atoms with Crippen molar-refractivity contribution in [3.8, 4) is 0 Å². The summed E-state index contributed by atoms with van der Waals surface area (Å²) < 4.78 is 5.57. The van der Waals surface area contributed by atoms with E-state index in [-0.39, 0.29) is 0 Å². The van der Waals surface area contributed by atoms with Gasteiger partial charge in [0.15, 0.2) is 0 Å². The molecule has 1 unspecified atom stereocenters. The molecule has 0 saturated carbocycles. The van der Waals surface area contributed by atoms with E-state index < -0.39 is 6.10 Å². The molecule has 1 atom stereocenters. The molecule has 1 N–H and O–H groups in total. The minimum absolute atomic E-state index is 0.442. The van der Waals surface area contributed by atoms with Crippen LogP contribution in [-0.2, 0) is 19.9 Å². The van der Waals surface area contributed by atoms with Crippen LogP contribution in [0.5, 0.6) is 0 Å². The number of hydrogen-bond donors (Lipinski definition) is 1. The van der Waals surface area contributed by atoms with Crippen LogP contribution in [0.2, 0.25) is 0 Å². The van der Waals surface area contributed by atoms with Gasteiger partial charge in [0.25, 0.3) is 0 Å². The van der Waals surface area contributed by atoms with Gasteiger partial charge in [-0.05, 0) is 18.0 Å². The molecule has 0 radical (unpaired) electrons. The molecule has 0 spiro atoms. The lowest BCUT2D eigenvalue weighted by molar-refractivity contribution is 0.177. The van der Waals surface area contributed by atoms with E-state index in [9.17, 15) is 5.11 Å². The van der Waals surface area contributed by atoms with Crippen molar-refractivity contribution in [2.24, 2.45) is 7.05 Å². The Kier molecular flexibility index (Phi) is 3.80. The Morgan fingerprint density at radius 2 is 2.35 bits per heavy atom. The fourth-order valence-electron chi connectivity index (χ4n) is 1.65. The van der Waals surface area contributed by atoms with E-state index in [1.165, 1.54) is 17.9 Å². The van der Waals surface area contributed by atoms with Crippen molar-refractivity contribution in [2.75, 3.05) is 0 Å². The van der Waals surface area contributed by atoms with Crippen molar-refractivity contribution in [2.45, 2.75) is 32.3 Å². The summed E-state index contributed by atoms with van der Waals surface area (Å²) >= 11 is 1.26. The van der Waals surface area contributed by atoms with Crippen molar-refractivity contribution in [1.82, 2.24) is 24.4 Å². The molecule has 0 bridgehead atoms. The lowest BCUT2D eigenvalue weighted by Crippen LogP contribution is -2.08. The largest absolute Gasteiger partial charge is 0.387 e. The van der Waals surface area contributed by atoms with Gasteiger partial charge in [0, 0.05) is 13.5 Å². The van der Waals surface area contributed by atoms with E-state index in [1.807, 2.05) is 7.05 Å². The summed E-state index contributed by atoms with van der Waals surface area (Å²) in [4.78, 5) is 4.94. The number of rotatable bonds is 5. The van der Waals surface area contributed by atoms with Crippen LogP contribution >= 0.6 is 11.5 Å². The zero-order valence-corrected chi connectivity index (χ0v) is 10.7. The monoisotopic (exact) mass is 253 g/mol. The zero-order valence-electron chi connectivity index (χ0n) is 9.87. The number of nitrogens with zero attached hydrogens (tertiary/aromatic N) is 5. The Bertz CT molecular complexity index is 481. The maximum Gasteiger partial charge on any atom is 0.138 e. The minimum Gasteiger partial charge on any atom is -0.387 e. The highest BCUT2D eigenvalue weighted by Gasteiger charge is 2.18. The number of aliphatic hydroxyl groups is 1. The van der Waals surface area contributed by atoms with Crippen molar-refractivity contribution in [3.63, 3.8) is 0 Å². The van der Waals surface area contributed by atoms with Gasteiger partial charge in [0.05, 0.1) is 16.7 Å². The zero-order chi connectivity index (χ0) is 12.3. The summed E-state index contributed by atoms with van der Waals surface area (Å²) in [6, 6.07) is 0. The topological polar surface area (TPSA) is 76.7 Å². The molecular weight excluding hydrogens is 238 g/mol. The fraction of sp³-hybridized carbons (Fsp3) is 0.600. The molecule has 2 aromatic heterocycles. The second-order valence-corrected chi connectivity index (χ2v) is 4.64. The summed E-state index contributed by atoms with van der Waals surface area (Å²) in [6.07, 6.45) is 3.17. The van der Waals surface area contributed by atoms with E-state index in [1.54, 1.807) is 4.68 Å². The van der Waals surface area contributed by atoms with Gasteiger partial charge in [-0.3, -0.25) is 4.68 Å². The summed E-state index contributed by atoms with van der Waals surface area (Å²) in [7, 11) is 1.81. The molecule has 2 rings (SSSR count). The quantitative estimate of drug-likeness (QED) is 0.856. The van der Waals surface area contributed by atoms with E-state index in [2.05, 4.69) is 26.6 Å². The van der Waals surface area contributed by atoms with Gasteiger partial charge in [-0.15, -0.1) is 5.10 Å².